The number of Topliss-reactive ketones (excluding diaryl/α,β-unsaturated/α-hetero) is 1. The summed E-state index contributed by atoms with van der Waals surface area (Å²) in [5, 5.41) is 18.2. The molecule has 0 bridgehead atoms. The standard InChI is InChI=1S/C8H16O3/c1-3-5-7(9)8(10,11)6-4-2/h10-11H,3-6H2,1-2H3. The maximum Gasteiger partial charge on any atom is 0.223 e. The molecule has 11 heavy (non-hydrogen) atoms. The lowest BCUT2D eigenvalue weighted by Gasteiger charge is -2.18. The molecule has 2 N–H and O–H groups in total. The first-order valence-electron chi connectivity index (χ1n) is 4.02. The van der Waals surface area contributed by atoms with Crippen molar-refractivity contribution in [3.8, 4) is 0 Å². The third-order valence-corrected chi connectivity index (χ3v) is 1.52. The molecule has 3 heteroatoms. The van der Waals surface area contributed by atoms with Crippen LogP contribution >= 0.6 is 0 Å². The Morgan fingerprint density at radius 2 is 1.82 bits per heavy atom. The molecule has 0 saturated carbocycles. The summed E-state index contributed by atoms with van der Waals surface area (Å²) in [4.78, 5) is 11.0. The van der Waals surface area contributed by atoms with Crippen molar-refractivity contribution in [3.05, 3.63) is 0 Å². The van der Waals surface area contributed by atoms with E-state index in [1.807, 2.05) is 6.92 Å². The average molecular weight is 160 g/mol. The molecule has 0 aliphatic carbocycles. The van der Waals surface area contributed by atoms with Crippen LogP contribution < -0.4 is 0 Å². The molecule has 3 nitrogen and oxygen atoms in total. The van der Waals surface area contributed by atoms with E-state index in [2.05, 4.69) is 0 Å². The maximum absolute atomic E-state index is 11.0. The number of hydrogen-bond acceptors (Lipinski definition) is 3. The number of carbonyl (C=O) groups excluding carboxylic acids is 1. The predicted octanol–water partition coefficient (Wildman–Crippen LogP) is 0.837. The largest absolute Gasteiger partial charge is 0.360 e. The van der Waals surface area contributed by atoms with E-state index in [0.717, 1.165) is 0 Å². The van der Waals surface area contributed by atoms with E-state index in [1.165, 1.54) is 0 Å². The Morgan fingerprint density at radius 3 is 2.18 bits per heavy atom. The van der Waals surface area contributed by atoms with Crippen molar-refractivity contribution >= 4 is 5.78 Å². The first-order valence-corrected chi connectivity index (χ1v) is 4.02. The molecule has 0 aliphatic heterocycles. The SMILES string of the molecule is CCCC(=O)C(O)(O)CCC. The van der Waals surface area contributed by atoms with E-state index >= 15 is 0 Å². The van der Waals surface area contributed by atoms with E-state index in [4.69, 9.17) is 10.2 Å². The molecule has 0 aromatic rings. The molecule has 0 aromatic heterocycles. The summed E-state index contributed by atoms with van der Waals surface area (Å²) in [6, 6.07) is 0. The summed E-state index contributed by atoms with van der Waals surface area (Å²) >= 11 is 0. The van der Waals surface area contributed by atoms with Crippen molar-refractivity contribution in [1.29, 1.82) is 0 Å². The highest BCUT2D eigenvalue weighted by atomic mass is 16.5. The quantitative estimate of drug-likeness (QED) is 0.586. The van der Waals surface area contributed by atoms with E-state index in [0.29, 0.717) is 12.8 Å². The normalized spacial score (nSPS) is 11.6. The highest BCUT2D eigenvalue weighted by Crippen LogP contribution is 2.12. The van der Waals surface area contributed by atoms with Gasteiger partial charge in [-0.15, -0.1) is 0 Å². The second-order valence-corrected chi connectivity index (χ2v) is 2.74. The van der Waals surface area contributed by atoms with Gasteiger partial charge >= 0.3 is 0 Å². The summed E-state index contributed by atoms with van der Waals surface area (Å²) in [5.74, 6) is -2.55. The molecule has 0 spiro atoms. The Kier molecular flexibility index (Phi) is 4.30. The van der Waals surface area contributed by atoms with Gasteiger partial charge < -0.3 is 10.2 Å². The fourth-order valence-corrected chi connectivity index (χ4v) is 0.915. The summed E-state index contributed by atoms with van der Waals surface area (Å²) in [6.07, 6.45) is 1.63. The molecule has 0 unspecified atom stereocenters. The molecule has 0 amide bonds. The van der Waals surface area contributed by atoms with Gasteiger partial charge in [-0.25, -0.2) is 0 Å². The number of carbonyl (C=O) groups is 1. The van der Waals surface area contributed by atoms with Gasteiger partial charge in [-0.05, 0) is 6.42 Å². The van der Waals surface area contributed by atoms with E-state index in [1.54, 1.807) is 6.92 Å². The van der Waals surface area contributed by atoms with Crippen molar-refractivity contribution in [3.63, 3.8) is 0 Å². The van der Waals surface area contributed by atoms with Crippen LogP contribution in [-0.2, 0) is 4.79 Å². The van der Waals surface area contributed by atoms with Gasteiger partial charge in [0.1, 0.15) is 0 Å². The van der Waals surface area contributed by atoms with Gasteiger partial charge in [-0.3, -0.25) is 4.79 Å². The number of aliphatic hydroxyl groups is 2. The third-order valence-electron chi connectivity index (χ3n) is 1.52. The van der Waals surface area contributed by atoms with E-state index < -0.39 is 11.6 Å². The topological polar surface area (TPSA) is 57.5 Å². The Morgan fingerprint density at radius 1 is 1.27 bits per heavy atom. The molecule has 66 valence electrons. The van der Waals surface area contributed by atoms with Crippen LogP contribution in [0.5, 0.6) is 0 Å². The van der Waals surface area contributed by atoms with Gasteiger partial charge in [0.25, 0.3) is 0 Å². The molecule has 0 saturated heterocycles. The van der Waals surface area contributed by atoms with Gasteiger partial charge in [0, 0.05) is 12.8 Å². The second-order valence-electron chi connectivity index (χ2n) is 2.74. The third kappa shape index (κ3) is 3.49. The Hall–Kier alpha value is -0.410. The summed E-state index contributed by atoms with van der Waals surface area (Å²) < 4.78 is 0. The number of rotatable bonds is 5. The molecule has 0 radical (unpaired) electrons. The number of hydrogen-bond donors (Lipinski definition) is 2. The molecule has 0 heterocycles. The molecular weight excluding hydrogens is 144 g/mol. The van der Waals surface area contributed by atoms with Gasteiger partial charge in [0.2, 0.25) is 5.79 Å². The lowest BCUT2D eigenvalue weighted by atomic mass is 10.0. The minimum Gasteiger partial charge on any atom is -0.360 e. The predicted molar refractivity (Wildman–Crippen MR) is 42.0 cm³/mol. The Balaban J connectivity index is 3.94. The van der Waals surface area contributed by atoms with Crippen molar-refractivity contribution in [1.82, 2.24) is 0 Å². The first kappa shape index (κ1) is 10.6. The van der Waals surface area contributed by atoms with Crippen LogP contribution in [0.15, 0.2) is 0 Å². The highest BCUT2D eigenvalue weighted by molar-refractivity contribution is 5.85. The maximum atomic E-state index is 11.0. The van der Waals surface area contributed by atoms with E-state index in [-0.39, 0.29) is 12.8 Å². The lowest BCUT2D eigenvalue weighted by molar-refractivity contribution is -0.185. The molecule has 0 fully saturated rings. The zero-order chi connectivity index (χ0) is 8.91. The van der Waals surface area contributed by atoms with Crippen LogP contribution in [0.25, 0.3) is 0 Å². The van der Waals surface area contributed by atoms with Crippen molar-refractivity contribution in [2.75, 3.05) is 0 Å². The Labute approximate surface area is 67.0 Å². The fourth-order valence-electron chi connectivity index (χ4n) is 0.915. The van der Waals surface area contributed by atoms with Crippen LogP contribution in [0, 0.1) is 0 Å². The van der Waals surface area contributed by atoms with Crippen LogP contribution in [-0.4, -0.2) is 21.8 Å². The highest BCUT2D eigenvalue weighted by Gasteiger charge is 2.30. The van der Waals surface area contributed by atoms with Gasteiger partial charge in [0.05, 0.1) is 0 Å². The molecular formula is C8H16O3. The van der Waals surface area contributed by atoms with Crippen LogP contribution in [0.1, 0.15) is 39.5 Å². The van der Waals surface area contributed by atoms with E-state index in [9.17, 15) is 4.79 Å². The first-order chi connectivity index (χ1) is 5.04. The molecule has 0 aliphatic rings. The van der Waals surface area contributed by atoms with Gasteiger partial charge in [-0.1, -0.05) is 20.3 Å². The Bertz CT molecular complexity index is 129. The smallest absolute Gasteiger partial charge is 0.223 e. The zero-order valence-corrected chi connectivity index (χ0v) is 7.13. The van der Waals surface area contributed by atoms with Gasteiger partial charge in [0.15, 0.2) is 5.78 Å². The minimum atomic E-state index is -2.08. The lowest BCUT2D eigenvalue weighted by Crippen LogP contribution is -2.37. The van der Waals surface area contributed by atoms with Crippen LogP contribution in [0.4, 0.5) is 0 Å². The summed E-state index contributed by atoms with van der Waals surface area (Å²) in [5.41, 5.74) is 0. The molecule has 0 atom stereocenters. The average Bonchev–Trinajstić information content (AvgIpc) is 1.88. The fraction of sp³-hybridized carbons (Fsp3) is 0.875. The molecule has 0 aromatic carbocycles. The number of ketones is 1. The van der Waals surface area contributed by atoms with Crippen molar-refractivity contribution < 1.29 is 15.0 Å². The van der Waals surface area contributed by atoms with Crippen molar-refractivity contribution in [2.45, 2.75) is 45.3 Å². The van der Waals surface area contributed by atoms with Crippen molar-refractivity contribution in [2.24, 2.45) is 0 Å². The van der Waals surface area contributed by atoms with Gasteiger partial charge in [-0.2, -0.15) is 0 Å². The second kappa shape index (κ2) is 4.46. The van der Waals surface area contributed by atoms with Crippen LogP contribution in [0.3, 0.4) is 0 Å². The minimum absolute atomic E-state index is 0.131. The summed E-state index contributed by atoms with van der Waals surface area (Å²) in [7, 11) is 0. The summed E-state index contributed by atoms with van der Waals surface area (Å²) in [6.45, 7) is 3.64. The zero-order valence-electron chi connectivity index (χ0n) is 7.13. The monoisotopic (exact) mass is 160 g/mol. The molecule has 0 rings (SSSR count). The van der Waals surface area contributed by atoms with Crippen LogP contribution in [0.2, 0.25) is 0 Å².